The lowest BCUT2D eigenvalue weighted by Gasteiger charge is -2.27. The summed E-state index contributed by atoms with van der Waals surface area (Å²) in [6, 6.07) is 0. The van der Waals surface area contributed by atoms with E-state index < -0.39 is 10.0 Å². The molecule has 3 fully saturated rings. The molecular formula is C12H20N2O3S. The van der Waals surface area contributed by atoms with Gasteiger partial charge in [0.15, 0.2) is 0 Å². The molecule has 2 aliphatic heterocycles. The molecule has 1 atom stereocenters. The average molecular weight is 272 g/mol. The summed E-state index contributed by atoms with van der Waals surface area (Å²) in [6.07, 6.45) is 5.63. The van der Waals surface area contributed by atoms with Crippen LogP contribution in [0.25, 0.3) is 0 Å². The minimum Gasteiger partial charge on any atom is -0.351 e. The highest BCUT2D eigenvalue weighted by Crippen LogP contribution is 2.35. The van der Waals surface area contributed by atoms with Gasteiger partial charge in [-0.1, -0.05) is 0 Å². The summed E-state index contributed by atoms with van der Waals surface area (Å²) in [4.78, 5) is 11.4. The fraction of sp³-hybridized carbons (Fsp3) is 0.917. The van der Waals surface area contributed by atoms with Crippen molar-refractivity contribution < 1.29 is 13.2 Å². The zero-order valence-corrected chi connectivity index (χ0v) is 11.3. The maximum atomic E-state index is 12.2. The van der Waals surface area contributed by atoms with Gasteiger partial charge < -0.3 is 5.32 Å². The Bertz CT molecular complexity index is 458. The van der Waals surface area contributed by atoms with Crippen molar-refractivity contribution in [3.8, 4) is 0 Å². The molecule has 1 spiro atoms. The lowest BCUT2D eigenvalue weighted by atomic mass is 9.89. The molecule has 1 amide bonds. The van der Waals surface area contributed by atoms with Gasteiger partial charge in [0, 0.05) is 25.0 Å². The van der Waals surface area contributed by atoms with Crippen LogP contribution < -0.4 is 5.32 Å². The summed E-state index contributed by atoms with van der Waals surface area (Å²) < 4.78 is 26.1. The first-order chi connectivity index (χ1) is 8.52. The predicted molar refractivity (Wildman–Crippen MR) is 67.5 cm³/mol. The Hall–Kier alpha value is -0.620. The second kappa shape index (κ2) is 4.20. The first-order valence-corrected chi connectivity index (χ1v) is 8.32. The van der Waals surface area contributed by atoms with E-state index in [1.807, 2.05) is 0 Å². The molecule has 1 aliphatic carbocycles. The van der Waals surface area contributed by atoms with E-state index in [0.29, 0.717) is 19.5 Å². The van der Waals surface area contributed by atoms with Crippen LogP contribution in [-0.2, 0) is 14.8 Å². The molecule has 102 valence electrons. The molecule has 1 N–H and O–H groups in total. The maximum Gasteiger partial charge on any atom is 0.220 e. The molecule has 0 aromatic rings. The maximum absolute atomic E-state index is 12.2. The lowest BCUT2D eigenvalue weighted by Crippen LogP contribution is -2.43. The summed E-state index contributed by atoms with van der Waals surface area (Å²) in [7, 11) is -3.05. The third-order valence-corrected chi connectivity index (χ3v) is 6.84. The lowest BCUT2D eigenvalue weighted by molar-refractivity contribution is -0.119. The molecule has 18 heavy (non-hydrogen) atoms. The van der Waals surface area contributed by atoms with Crippen molar-refractivity contribution in [2.45, 2.75) is 55.7 Å². The van der Waals surface area contributed by atoms with Crippen LogP contribution in [0, 0.1) is 0 Å². The number of nitrogens with zero attached hydrogens (tertiary/aromatic N) is 1. The largest absolute Gasteiger partial charge is 0.351 e. The smallest absolute Gasteiger partial charge is 0.220 e. The van der Waals surface area contributed by atoms with Gasteiger partial charge in [-0.05, 0) is 38.5 Å². The highest BCUT2D eigenvalue weighted by Gasteiger charge is 2.44. The molecule has 1 saturated carbocycles. The van der Waals surface area contributed by atoms with Gasteiger partial charge in [-0.3, -0.25) is 4.79 Å². The van der Waals surface area contributed by atoms with E-state index in [2.05, 4.69) is 5.32 Å². The summed E-state index contributed by atoms with van der Waals surface area (Å²) in [5.74, 6) is 0.119. The Balaban J connectivity index is 1.70. The van der Waals surface area contributed by atoms with E-state index in [9.17, 15) is 13.2 Å². The number of hydrogen-bond donors (Lipinski definition) is 1. The summed E-state index contributed by atoms with van der Waals surface area (Å²) in [5.41, 5.74) is -0.120. The SMILES string of the molecule is O=C1CC[C@@]2(CCCN(S(=O)(=O)C3CC3)CC2)N1. The van der Waals surface area contributed by atoms with Gasteiger partial charge in [0.05, 0.1) is 5.25 Å². The normalized spacial score (nSPS) is 34.6. The Labute approximate surface area is 108 Å². The number of carbonyl (C=O) groups excluding carboxylic acids is 1. The topological polar surface area (TPSA) is 66.5 Å². The van der Waals surface area contributed by atoms with Gasteiger partial charge in [0.2, 0.25) is 15.9 Å². The van der Waals surface area contributed by atoms with Crippen LogP contribution in [0.2, 0.25) is 0 Å². The zero-order valence-electron chi connectivity index (χ0n) is 10.5. The summed E-state index contributed by atoms with van der Waals surface area (Å²) in [6.45, 7) is 1.19. The second-order valence-electron chi connectivity index (χ2n) is 5.83. The minimum absolute atomic E-state index is 0.119. The minimum atomic E-state index is -3.05. The zero-order chi connectivity index (χ0) is 12.8. The fourth-order valence-corrected chi connectivity index (χ4v) is 5.03. The molecule has 0 radical (unpaired) electrons. The van der Waals surface area contributed by atoms with Crippen LogP contribution in [0.15, 0.2) is 0 Å². The number of carbonyl (C=O) groups is 1. The molecule has 6 heteroatoms. The first-order valence-electron chi connectivity index (χ1n) is 6.82. The molecule has 0 bridgehead atoms. The first kappa shape index (κ1) is 12.4. The highest BCUT2D eigenvalue weighted by molar-refractivity contribution is 7.90. The molecule has 0 aromatic heterocycles. The monoisotopic (exact) mass is 272 g/mol. The quantitative estimate of drug-likeness (QED) is 0.801. The molecule has 0 aromatic carbocycles. The van der Waals surface area contributed by atoms with Crippen LogP contribution >= 0.6 is 0 Å². The van der Waals surface area contributed by atoms with Gasteiger partial charge in [0.25, 0.3) is 0 Å². The molecule has 5 nitrogen and oxygen atoms in total. The van der Waals surface area contributed by atoms with E-state index in [-0.39, 0.29) is 16.7 Å². The molecule has 3 rings (SSSR count). The number of hydrogen-bond acceptors (Lipinski definition) is 3. The van der Waals surface area contributed by atoms with E-state index in [1.54, 1.807) is 4.31 Å². The van der Waals surface area contributed by atoms with Crippen molar-refractivity contribution in [1.82, 2.24) is 9.62 Å². The summed E-state index contributed by atoms with van der Waals surface area (Å²) in [5, 5.41) is 2.95. The highest BCUT2D eigenvalue weighted by atomic mass is 32.2. The Kier molecular flexibility index (Phi) is 2.90. The molecule has 3 aliphatic rings. The van der Waals surface area contributed by atoms with Crippen LogP contribution in [0.3, 0.4) is 0 Å². The molecule has 2 heterocycles. The number of nitrogens with one attached hydrogen (secondary N) is 1. The Morgan fingerprint density at radius 1 is 1.17 bits per heavy atom. The van der Waals surface area contributed by atoms with E-state index in [1.165, 1.54) is 0 Å². The van der Waals surface area contributed by atoms with Crippen LogP contribution in [0.5, 0.6) is 0 Å². The van der Waals surface area contributed by atoms with Crippen molar-refractivity contribution in [2.24, 2.45) is 0 Å². The second-order valence-corrected chi connectivity index (χ2v) is 8.04. The predicted octanol–water partition coefficient (Wildman–Crippen LogP) is 0.613. The Morgan fingerprint density at radius 2 is 1.94 bits per heavy atom. The van der Waals surface area contributed by atoms with Crippen LogP contribution in [0.4, 0.5) is 0 Å². The van der Waals surface area contributed by atoms with Crippen molar-refractivity contribution in [1.29, 1.82) is 0 Å². The number of rotatable bonds is 2. The van der Waals surface area contributed by atoms with Crippen molar-refractivity contribution >= 4 is 15.9 Å². The third-order valence-electron chi connectivity index (χ3n) is 4.44. The summed E-state index contributed by atoms with van der Waals surface area (Å²) >= 11 is 0. The molecule has 2 saturated heterocycles. The molecular weight excluding hydrogens is 252 g/mol. The van der Waals surface area contributed by atoms with Gasteiger partial charge in [0.1, 0.15) is 0 Å². The Morgan fingerprint density at radius 3 is 2.56 bits per heavy atom. The van der Waals surface area contributed by atoms with E-state index in [4.69, 9.17) is 0 Å². The fourth-order valence-electron chi connectivity index (χ4n) is 3.15. The average Bonchev–Trinajstić information content (AvgIpc) is 3.10. The third kappa shape index (κ3) is 2.16. The molecule has 0 unspecified atom stereocenters. The van der Waals surface area contributed by atoms with Gasteiger partial charge >= 0.3 is 0 Å². The van der Waals surface area contributed by atoms with E-state index in [0.717, 1.165) is 38.5 Å². The van der Waals surface area contributed by atoms with Crippen LogP contribution in [-0.4, -0.2) is 42.5 Å². The number of sulfonamides is 1. The van der Waals surface area contributed by atoms with Crippen molar-refractivity contribution in [2.75, 3.05) is 13.1 Å². The van der Waals surface area contributed by atoms with E-state index >= 15 is 0 Å². The van der Waals surface area contributed by atoms with Crippen LogP contribution in [0.1, 0.15) is 44.9 Å². The number of amides is 1. The van der Waals surface area contributed by atoms with Gasteiger partial charge in [-0.15, -0.1) is 0 Å². The van der Waals surface area contributed by atoms with Gasteiger partial charge in [-0.2, -0.15) is 0 Å². The van der Waals surface area contributed by atoms with Crippen molar-refractivity contribution in [3.05, 3.63) is 0 Å². The van der Waals surface area contributed by atoms with Crippen molar-refractivity contribution in [3.63, 3.8) is 0 Å². The van der Waals surface area contributed by atoms with Gasteiger partial charge in [-0.25, -0.2) is 12.7 Å². The standard InChI is InChI=1S/C12H20N2O3S/c15-11-4-6-12(13-11)5-1-8-14(9-7-12)18(16,17)10-2-3-10/h10H,1-9H2,(H,13,15)/t12-/m1/s1.